The first kappa shape index (κ1) is 19.4. The number of benzene rings is 3. The van der Waals surface area contributed by atoms with Gasteiger partial charge in [-0.2, -0.15) is 0 Å². The molecule has 1 aliphatic rings. The van der Waals surface area contributed by atoms with Crippen LogP contribution in [-0.4, -0.2) is 33.9 Å². The number of aromatic nitrogens is 2. The van der Waals surface area contributed by atoms with Crippen molar-refractivity contribution in [1.29, 1.82) is 0 Å². The van der Waals surface area contributed by atoms with Gasteiger partial charge in [0.15, 0.2) is 0 Å². The van der Waals surface area contributed by atoms with Crippen LogP contribution in [-0.2, 0) is 6.54 Å². The lowest BCUT2D eigenvalue weighted by atomic mass is 10.0. The molecule has 0 unspecified atom stereocenters. The van der Waals surface area contributed by atoms with E-state index >= 15 is 0 Å². The number of hydrogen-bond acceptors (Lipinski definition) is 3. The molecule has 2 heterocycles. The molecule has 31 heavy (non-hydrogen) atoms. The van der Waals surface area contributed by atoms with Crippen molar-refractivity contribution in [3.63, 3.8) is 0 Å². The summed E-state index contributed by atoms with van der Waals surface area (Å²) in [6.07, 6.45) is 1.70. The highest BCUT2D eigenvalue weighted by Crippen LogP contribution is 2.31. The van der Waals surface area contributed by atoms with Gasteiger partial charge >= 0.3 is 0 Å². The van der Waals surface area contributed by atoms with Crippen LogP contribution in [0, 0.1) is 0 Å². The van der Waals surface area contributed by atoms with Gasteiger partial charge in [0.2, 0.25) is 0 Å². The van der Waals surface area contributed by atoms with Crippen molar-refractivity contribution in [1.82, 2.24) is 14.9 Å². The molecule has 0 saturated heterocycles. The molecule has 0 aliphatic carbocycles. The number of H-pyrrole nitrogens is 1. The molecule has 0 bridgehead atoms. The lowest BCUT2D eigenvalue weighted by Gasteiger charge is -2.20. The van der Waals surface area contributed by atoms with Gasteiger partial charge in [0, 0.05) is 17.7 Å². The van der Waals surface area contributed by atoms with Crippen LogP contribution in [0.1, 0.15) is 41.3 Å². The zero-order valence-electron chi connectivity index (χ0n) is 17.8. The van der Waals surface area contributed by atoms with Crippen molar-refractivity contribution in [3.8, 4) is 16.9 Å². The number of amides is 1. The second-order valence-corrected chi connectivity index (χ2v) is 8.31. The van der Waals surface area contributed by atoms with Crippen LogP contribution < -0.4 is 4.74 Å². The molecule has 0 spiro atoms. The van der Waals surface area contributed by atoms with Crippen LogP contribution in [0.3, 0.4) is 0 Å². The molecule has 3 aromatic carbocycles. The maximum Gasteiger partial charge on any atom is 0.254 e. The first-order valence-corrected chi connectivity index (χ1v) is 10.7. The smallest absolute Gasteiger partial charge is 0.254 e. The highest BCUT2D eigenvalue weighted by Gasteiger charge is 2.21. The molecule has 5 nitrogen and oxygen atoms in total. The van der Waals surface area contributed by atoms with E-state index in [2.05, 4.69) is 48.1 Å². The van der Waals surface area contributed by atoms with Gasteiger partial charge in [-0.1, -0.05) is 38.1 Å². The fraction of sp³-hybridized carbons (Fsp3) is 0.231. The highest BCUT2D eigenvalue weighted by atomic mass is 16.5. The zero-order chi connectivity index (χ0) is 21.4. The maximum atomic E-state index is 13.2. The largest absolute Gasteiger partial charge is 0.491 e. The Hall–Kier alpha value is -3.60. The van der Waals surface area contributed by atoms with Gasteiger partial charge in [0.25, 0.3) is 5.91 Å². The molecule has 5 rings (SSSR count). The first-order chi connectivity index (χ1) is 15.1. The molecule has 4 aromatic rings. The average molecular weight is 412 g/mol. The van der Waals surface area contributed by atoms with E-state index in [1.165, 1.54) is 5.56 Å². The van der Waals surface area contributed by atoms with Gasteiger partial charge in [-0.25, -0.2) is 4.98 Å². The number of imidazole rings is 1. The van der Waals surface area contributed by atoms with Gasteiger partial charge in [0.05, 0.1) is 23.9 Å². The Morgan fingerprint density at radius 3 is 2.61 bits per heavy atom. The summed E-state index contributed by atoms with van der Waals surface area (Å²) < 4.78 is 5.95. The first-order valence-electron chi connectivity index (χ1n) is 10.7. The van der Waals surface area contributed by atoms with Crippen LogP contribution in [0.15, 0.2) is 67.0 Å². The van der Waals surface area contributed by atoms with Crippen molar-refractivity contribution >= 4 is 16.9 Å². The Morgan fingerprint density at radius 1 is 1.03 bits per heavy atom. The van der Waals surface area contributed by atoms with E-state index in [9.17, 15) is 4.79 Å². The third-order valence-corrected chi connectivity index (χ3v) is 5.91. The molecular formula is C26H25N3O2. The van der Waals surface area contributed by atoms with Crippen molar-refractivity contribution in [2.75, 3.05) is 13.2 Å². The van der Waals surface area contributed by atoms with Gasteiger partial charge < -0.3 is 14.6 Å². The molecule has 1 aromatic heterocycles. The number of hydrogen-bond donors (Lipinski definition) is 1. The second-order valence-electron chi connectivity index (χ2n) is 8.31. The molecule has 0 atom stereocenters. The summed E-state index contributed by atoms with van der Waals surface area (Å²) in [5, 5.41) is 0. The number of ether oxygens (including phenoxy) is 1. The van der Waals surface area contributed by atoms with Crippen molar-refractivity contribution in [2.45, 2.75) is 26.3 Å². The summed E-state index contributed by atoms with van der Waals surface area (Å²) in [5.74, 6) is 1.33. The third-order valence-electron chi connectivity index (χ3n) is 5.91. The van der Waals surface area contributed by atoms with Crippen LogP contribution in [0.25, 0.3) is 22.2 Å². The van der Waals surface area contributed by atoms with Crippen LogP contribution in [0.2, 0.25) is 0 Å². The van der Waals surface area contributed by atoms with Crippen molar-refractivity contribution < 1.29 is 9.53 Å². The van der Waals surface area contributed by atoms with Crippen LogP contribution in [0.5, 0.6) is 5.75 Å². The minimum atomic E-state index is 0.0380. The van der Waals surface area contributed by atoms with E-state index in [0.717, 1.165) is 33.5 Å². The number of nitrogens with zero attached hydrogens (tertiary/aromatic N) is 2. The van der Waals surface area contributed by atoms with Gasteiger partial charge in [-0.15, -0.1) is 0 Å². The van der Waals surface area contributed by atoms with E-state index < -0.39 is 0 Å². The second kappa shape index (κ2) is 7.91. The number of aromatic amines is 1. The SMILES string of the molecule is CC(C)c1ccc(C(=O)N2CCOc3ccc(-c4ccc5nc[nH]c5c4)cc3C2)cc1. The van der Waals surface area contributed by atoms with Gasteiger partial charge in [-0.3, -0.25) is 4.79 Å². The molecule has 0 fully saturated rings. The lowest BCUT2D eigenvalue weighted by molar-refractivity contribution is 0.0733. The molecule has 156 valence electrons. The van der Waals surface area contributed by atoms with Gasteiger partial charge in [-0.05, 0) is 59.0 Å². The van der Waals surface area contributed by atoms with Crippen LogP contribution in [0.4, 0.5) is 0 Å². The maximum absolute atomic E-state index is 13.2. The topological polar surface area (TPSA) is 58.2 Å². The fourth-order valence-electron chi connectivity index (χ4n) is 4.06. The molecule has 0 saturated carbocycles. The predicted octanol–water partition coefficient (Wildman–Crippen LogP) is 5.39. The van der Waals surface area contributed by atoms with Crippen LogP contribution >= 0.6 is 0 Å². The summed E-state index contributed by atoms with van der Waals surface area (Å²) in [4.78, 5) is 22.5. The summed E-state index contributed by atoms with van der Waals surface area (Å²) in [5.41, 5.74) is 7.12. The molecule has 1 aliphatic heterocycles. The molecule has 1 amide bonds. The van der Waals surface area contributed by atoms with Gasteiger partial charge in [0.1, 0.15) is 12.4 Å². The summed E-state index contributed by atoms with van der Waals surface area (Å²) >= 11 is 0. The minimum absolute atomic E-state index is 0.0380. The van der Waals surface area contributed by atoms with E-state index in [1.54, 1.807) is 6.33 Å². The Labute approximate surface area is 181 Å². The number of carbonyl (C=O) groups is 1. The average Bonchev–Trinajstić information content (AvgIpc) is 3.16. The van der Waals surface area contributed by atoms with Crippen molar-refractivity contribution in [2.24, 2.45) is 0 Å². The minimum Gasteiger partial charge on any atom is -0.491 e. The zero-order valence-corrected chi connectivity index (χ0v) is 17.8. The standard InChI is InChI=1S/C26H25N3O2/c1-17(2)18-3-5-19(6-4-18)26(30)29-11-12-31-25-10-8-20(13-22(25)15-29)21-7-9-23-24(14-21)28-16-27-23/h3-10,13-14,16-17H,11-12,15H2,1-2H3,(H,27,28). The Bertz CT molecular complexity index is 1240. The summed E-state index contributed by atoms with van der Waals surface area (Å²) in [6.45, 7) is 5.89. The van der Waals surface area contributed by atoms with E-state index in [0.29, 0.717) is 31.2 Å². The summed E-state index contributed by atoms with van der Waals surface area (Å²) in [6, 6.07) is 20.3. The predicted molar refractivity (Wildman–Crippen MR) is 122 cm³/mol. The van der Waals surface area contributed by atoms with E-state index in [4.69, 9.17) is 4.74 Å². The molecular weight excluding hydrogens is 386 g/mol. The molecule has 1 N–H and O–H groups in total. The third kappa shape index (κ3) is 3.79. The molecule has 5 heteroatoms. The van der Waals surface area contributed by atoms with Crippen molar-refractivity contribution in [3.05, 3.63) is 83.7 Å². The van der Waals surface area contributed by atoms with E-state index in [1.807, 2.05) is 41.3 Å². The Morgan fingerprint density at radius 2 is 1.81 bits per heavy atom. The lowest BCUT2D eigenvalue weighted by Crippen LogP contribution is -2.32. The molecule has 0 radical (unpaired) electrons. The number of carbonyl (C=O) groups excluding carboxylic acids is 1. The highest BCUT2D eigenvalue weighted by molar-refractivity contribution is 5.94. The fourth-order valence-corrected chi connectivity index (χ4v) is 4.06. The number of fused-ring (bicyclic) bond motifs is 2. The summed E-state index contributed by atoms with van der Waals surface area (Å²) in [7, 11) is 0. The normalized spacial score (nSPS) is 13.7. The quantitative estimate of drug-likeness (QED) is 0.492. The Kier molecular flexibility index (Phi) is 4.94. The Balaban J connectivity index is 1.42. The number of nitrogens with one attached hydrogen (secondary N) is 1. The number of rotatable bonds is 3. The monoisotopic (exact) mass is 411 g/mol. The van der Waals surface area contributed by atoms with E-state index in [-0.39, 0.29) is 5.91 Å².